The molecule has 0 saturated heterocycles. The van der Waals surface area contributed by atoms with E-state index in [9.17, 15) is 4.79 Å². The summed E-state index contributed by atoms with van der Waals surface area (Å²) in [5.41, 5.74) is 2.48. The van der Waals surface area contributed by atoms with Gasteiger partial charge >= 0.3 is 0 Å². The molecule has 0 aromatic carbocycles. The van der Waals surface area contributed by atoms with Gasteiger partial charge in [0.2, 0.25) is 0 Å². The minimum atomic E-state index is -0.103. The molecular weight excluding hydrogens is 250 g/mol. The molecule has 0 saturated carbocycles. The summed E-state index contributed by atoms with van der Waals surface area (Å²) in [6.07, 6.45) is 1.97. The van der Waals surface area contributed by atoms with Crippen LogP contribution < -0.4 is 0 Å². The molecule has 0 atom stereocenters. The molecule has 20 heavy (non-hydrogen) atoms. The average Bonchev–Trinajstić information content (AvgIpc) is 2.63. The van der Waals surface area contributed by atoms with Gasteiger partial charge in [-0.25, -0.2) is 0 Å². The number of aryl methyl sites for hydroxylation is 1. The number of hydrogen-bond acceptors (Lipinski definition) is 2. The van der Waals surface area contributed by atoms with Crippen molar-refractivity contribution in [3.63, 3.8) is 0 Å². The van der Waals surface area contributed by atoms with Gasteiger partial charge in [-0.15, -0.1) is 0 Å². The summed E-state index contributed by atoms with van der Waals surface area (Å²) in [5.74, 6) is 0.124. The molecular formula is C16H29N3O. The molecule has 1 rings (SSSR count). The van der Waals surface area contributed by atoms with Gasteiger partial charge in [-0.05, 0) is 47.5 Å². The van der Waals surface area contributed by atoms with Crippen LogP contribution in [0, 0.1) is 13.8 Å². The minimum absolute atomic E-state index is 0.103. The van der Waals surface area contributed by atoms with Crippen molar-refractivity contribution in [3.05, 3.63) is 17.0 Å². The maximum Gasteiger partial charge on any atom is 0.257 e. The molecule has 114 valence electrons. The highest BCUT2D eigenvalue weighted by atomic mass is 16.2. The Kier molecular flexibility index (Phi) is 5.37. The predicted molar refractivity (Wildman–Crippen MR) is 83.2 cm³/mol. The van der Waals surface area contributed by atoms with E-state index in [0.717, 1.165) is 42.9 Å². The summed E-state index contributed by atoms with van der Waals surface area (Å²) in [4.78, 5) is 14.7. The van der Waals surface area contributed by atoms with Crippen molar-refractivity contribution in [1.82, 2.24) is 14.7 Å². The summed E-state index contributed by atoms with van der Waals surface area (Å²) in [7, 11) is 0. The van der Waals surface area contributed by atoms with Crippen LogP contribution >= 0.6 is 0 Å². The van der Waals surface area contributed by atoms with Crippen molar-refractivity contribution in [3.8, 4) is 0 Å². The van der Waals surface area contributed by atoms with Gasteiger partial charge in [0.15, 0.2) is 0 Å². The van der Waals surface area contributed by atoms with Crippen molar-refractivity contribution < 1.29 is 4.79 Å². The Morgan fingerprint density at radius 3 is 2.00 bits per heavy atom. The van der Waals surface area contributed by atoms with Crippen LogP contribution in [0.25, 0.3) is 0 Å². The molecule has 0 bridgehead atoms. The Morgan fingerprint density at radius 1 is 1.15 bits per heavy atom. The van der Waals surface area contributed by atoms with E-state index in [1.54, 1.807) is 0 Å². The standard InChI is InChI=1S/C16H29N3O/c1-8-10-18(11-9-2)15(20)14-12(3)17-19(13(14)4)16(5,6)7/h8-11H2,1-7H3. The normalized spacial score (nSPS) is 11.8. The molecule has 0 spiro atoms. The molecule has 0 aliphatic heterocycles. The van der Waals surface area contributed by atoms with Crippen molar-refractivity contribution in [2.75, 3.05) is 13.1 Å². The van der Waals surface area contributed by atoms with E-state index in [4.69, 9.17) is 0 Å². The van der Waals surface area contributed by atoms with Crippen molar-refractivity contribution in [2.45, 2.75) is 66.8 Å². The average molecular weight is 279 g/mol. The number of carbonyl (C=O) groups is 1. The first-order valence-electron chi connectivity index (χ1n) is 7.60. The number of rotatable bonds is 5. The zero-order valence-electron chi connectivity index (χ0n) is 14.1. The smallest absolute Gasteiger partial charge is 0.257 e. The van der Waals surface area contributed by atoms with Crippen LogP contribution in [0.3, 0.4) is 0 Å². The fraction of sp³-hybridized carbons (Fsp3) is 0.750. The minimum Gasteiger partial charge on any atom is -0.339 e. The largest absolute Gasteiger partial charge is 0.339 e. The van der Waals surface area contributed by atoms with Crippen LogP contribution in [-0.4, -0.2) is 33.7 Å². The first-order chi connectivity index (χ1) is 9.23. The Hall–Kier alpha value is -1.32. The Morgan fingerprint density at radius 2 is 1.65 bits per heavy atom. The number of nitrogens with zero attached hydrogens (tertiary/aromatic N) is 3. The Labute approximate surface area is 123 Å². The van der Waals surface area contributed by atoms with E-state index >= 15 is 0 Å². The molecule has 0 unspecified atom stereocenters. The fourth-order valence-corrected chi connectivity index (χ4v) is 2.62. The van der Waals surface area contributed by atoms with Crippen LogP contribution in [0.2, 0.25) is 0 Å². The van der Waals surface area contributed by atoms with E-state index < -0.39 is 0 Å². The van der Waals surface area contributed by atoms with Crippen LogP contribution in [0.4, 0.5) is 0 Å². The molecule has 1 amide bonds. The van der Waals surface area contributed by atoms with E-state index in [0.29, 0.717) is 0 Å². The lowest BCUT2D eigenvalue weighted by molar-refractivity contribution is 0.0754. The van der Waals surface area contributed by atoms with Crippen LogP contribution in [0.1, 0.15) is 69.2 Å². The summed E-state index contributed by atoms with van der Waals surface area (Å²) in [6, 6.07) is 0. The number of aromatic nitrogens is 2. The van der Waals surface area contributed by atoms with E-state index in [-0.39, 0.29) is 11.4 Å². The van der Waals surface area contributed by atoms with Gasteiger partial charge in [-0.1, -0.05) is 13.8 Å². The lowest BCUT2D eigenvalue weighted by atomic mass is 10.1. The molecule has 0 N–H and O–H groups in total. The quantitative estimate of drug-likeness (QED) is 0.827. The molecule has 1 aromatic heterocycles. The van der Waals surface area contributed by atoms with Crippen molar-refractivity contribution in [2.24, 2.45) is 0 Å². The van der Waals surface area contributed by atoms with E-state index in [2.05, 4.69) is 39.7 Å². The van der Waals surface area contributed by atoms with Crippen molar-refractivity contribution in [1.29, 1.82) is 0 Å². The second-order valence-corrected chi connectivity index (χ2v) is 6.42. The third kappa shape index (κ3) is 3.41. The highest BCUT2D eigenvalue weighted by molar-refractivity contribution is 5.96. The Balaban J connectivity index is 3.19. The third-order valence-electron chi connectivity index (χ3n) is 3.41. The van der Waals surface area contributed by atoms with Gasteiger partial charge in [0.1, 0.15) is 0 Å². The van der Waals surface area contributed by atoms with E-state index in [1.165, 1.54) is 0 Å². The summed E-state index contributed by atoms with van der Waals surface area (Å²) in [5, 5.41) is 4.57. The molecule has 4 nitrogen and oxygen atoms in total. The zero-order chi connectivity index (χ0) is 15.5. The second kappa shape index (κ2) is 6.42. The Bertz CT molecular complexity index is 463. The first kappa shape index (κ1) is 16.7. The topological polar surface area (TPSA) is 38.1 Å². The summed E-state index contributed by atoms with van der Waals surface area (Å²) >= 11 is 0. The monoisotopic (exact) mass is 279 g/mol. The predicted octanol–water partition coefficient (Wildman–Crippen LogP) is 3.52. The third-order valence-corrected chi connectivity index (χ3v) is 3.41. The SMILES string of the molecule is CCCN(CCC)C(=O)c1c(C)nn(C(C)(C)C)c1C. The molecule has 0 radical (unpaired) electrons. The van der Waals surface area contributed by atoms with Gasteiger partial charge < -0.3 is 4.90 Å². The van der Waals surface area contributed by atoms with Crippen molar-refractivity contribution >= 4 is 5.91 Å². The van der Waals surface area contributed by atoms with Gasteiger partial charge in [0, 0.05) is 18.8 Å². The number of carbonyl (C=O) groups excluding carboxylic acids is 1. The molecule has 1 heterocycles. The summed E-state index contributed by atoms with van der Waals surface area (Å²) < 4.78 is 1.96. The van der Waals surface area contributed by atoms with Gasteiger partial charge in [0.25, 0.3) is 5.91 Å². The summed E-state index contributed by atoms with van der Waals surface area (Å²) in [6.45, 7) is 16.1. The maximum absolute atomic E-state index is 12.8. The molecule has 4 heteroatoms. The van der Waals surface area contributed by atoms with Gasteiger partial charge in [0.05, 0.1) is 16.8 Å². The van der Waals surface area contributed by atoms with Crippen LogP contribution in [0.5, 0.6) is 0 Å². The highest BCUT2D eigenvalue weighted by Gasteiger charge is 2.26. The fourth-order valence-electron chi connectivity index (χ4n) is 2.62. The lowest BCUT2D eigenvalue weighted by Crippen LogP contribution is -2.33. The highest BCUT2D eigenvalue weighted by Crippen LogP contribution is 2.22. The number of hydrogen-bond donors (Lipinski definition) is 0. The molecule has 0 fully saturated rings. The van der Waals surface area contributed by atoms with Gasteiger partial charge in [-0.2, -0.15) is 5.10 Å². The van der Waals surface area contributed by atoms with Gasteiger partial charge in [-0.3, -0.25) is 9.48 Å². The second-order valence-electron chi connectivity index (χ2n) is 6.42. The molecule has 1 aromatic rings. The van der Waals surface area contributed by atoms with E-state index in [1.807, 2.05) is 23.4 Å². The molecule has 0 aliphatic rings. The maximum atomic E-state index is 12.8. The van der Waals surface area contributed by atoms with Crippen LogP contribution in [-0.2, 0) is 5.54 Å². The lowest BCUT2D eigenvalue weighted by Gasteiger charge is -2.23. The first-order valence-corrected chi connectivity index (χ1v) is 7.60. The number of amides is 1. The zero-order valence-corrected chi connectivity index (χ0v) is 14.1. The molecule has 0 aliphatic carbocycles. The van der Waals surface area contributed by atoms with Crippen LogP contribution in [0.15, 0.2) is 0 Å².